The predicted molar refractivity (Wildman–Crippen MR) is 104 cm³/mol. The highest BCUT2D eigenvalue weighted by Crippen LogP contribution is 2.22. The van der Waals surface area contributed by atoms with Crippen molar-refractivity contribution in [3.63, 3.8) is 0 Å². The number of nitrogens with one attached hydrogen (secondary N) is 2. The molecule has 1 aromatic heterocycles. The van der Waals surface area contributed by atoms with Crippen molar-refractivity contribution in [1.29, 1.82) is 0 Å². The van der Waals surface area contributed by atoms with E-state index in [1.54, 1.807) is 24.3 Å². The van der Waals surface area contributed by atoms with E-state index in [0.29, 0.717) is 23.7 Å². The lowest BCUT2D eigenvalue weighted by Crippen LogP contribution is -2.25. The predicted octanol–water partition coefficient (Wildman–Crippen LogP) is 4.13. The molecular formula is C19H21ClN2O3S. The molecule has 3 rings (SSSR count). The standard InChI is InChI=1S/C19H21ClN2O3S/c1-13(2)25-16-4-6-17(7-5-16)26(23,24)22-10-9-14-12-21-19-11-15(20)3-8-18(14)19/h3-8,11-13,21-22H,9-10H2,1-2H3. The van der Waals surface area contributed by atoms with Crippen molar-refractivity contribution in [1.82, 2.24) is 9.71 Å². The van der Waals surface area contributed by atoms with Crippen molar-refractivity contribution < 1.29 is 13.2 Å². The van der Waals surface area contributed by atoms with Gasteiger partial charge in [0.05, 0.1) is 11.0 Å². The molecule has 7 heteroatoms. The molecule has 2 N–H and O–H groups in total. The van der Waals surface area contributed by atoms with Gasteiger partial charge in [0.2, 0.25) is 10.0 Å². The van der Waals surface area contributed by atoms with Gasteiger partial charge in [-0.15, -0.1) is 0 Å². The smallest absolute Gasteiger partial charge is 0.240 e. The number of sulfonamides is 1. The zero-order chi connectivity index (χ0) is 18.7. The fraction of sp³-hybridized carbons (Fsp3) is 0.263. The Hall–Kier alpha value is -2.02. The highest BCUT2D eigenvalue weighted by molar-refractivity contribution is 7.89. The molecule has 0 aliphatic heterocycles. The molecule has 2 aromatic carbocycles. The Morgan fingerprint density at radius 1 is 1.15 bits per heavy atom. The molecular weight excluding hydrogens is 372 g/mol. The highest BCUT2D eigenvalue weighted by Gasteiger charge is 2.14. The maximum atomic E-state index is 12.4. The molecule has 0 aliphatic carbocycles. The van der Waals surface area contributed by atoms with Gasteiger partial charge in [0.25, 0.3) is 0 Å². The van der Waals surface area contributed by atoms with Crippen LogP contribution < -0.4 is 9.46 Å². The number of aromatic amines is 1. The van der Waals surface area contributed by atoms with E-state index >= 15 is 0 Å². The van der Waals surface area contributed by atoms with Crippen molar-refractivity contribution in [3.8, 4) is 5.75 Å². The molecule has 26 heavy (non-hydrogen) atoms. The highest BCUT2D eigenvalue weighted by atomic mass is 35.5. The summed E-state index contributed by atoms with van der Waals surface area (Å²) in [6, 6.07) is 12.0. The van der Waals surface area contributed by atoms with Gasteiger partial charge in [-0.05, 0) is 62.2 Å². The third kappa shape index (κ3) is 4.38. The van der Waals surface area contributed by atoms with Crippen LogP contribution in [-0.2, 0) is 16.4 Å². The first-order valence-corrected chi connectivity index (χ1v) is 10.2. The van der Waals surface area contributed by atoms with Gasteiger partial charge in [0.15, 0.2) is 0 Å². The molecule has 0 fully saturated rings. The number of fused-ring (bicyclic) bond motifs is 1. The lowest BCUT2D eigenvalue weighted by atomic mass is 10.1. The van der Waals surface area contributed by atoms with E-state index in [1.165, 1.54) is 0 Å². The Bertz CT molecular complexity index is 995. The number of ether oxygens (including phenoxy) is 1. The number of hydrogen-bond acceptors (Lipinski definition) is 3. The van der Waals surface area contributed by atoms with E-state index in [0.717, 1.165) is 16.5 Å². The summed E-state index contributed by atoms with van der Waals surface area (Å²) in [6.07, 6.45) is 2.50. The van der Waals surface area contributed by atoms with Crippen molar-refractivity contribution in [2.24, 2.45) is 0 Å². The molecule has 138 valence electrons. The van der Waals surface area contributed by atoms with Crippen LogP contribution in [0.4, 0.5) is 0 Å². The van der Waals surface area contributed by atoms with Crippen molar-refractivity contribution in [2.75, 3.05) is 6.54 Å². The minimum Gasteiger partial charge on any atom is -0.491 e. The topological polar surface area (TPSA) is 71.2 Å². The molecule has 3 aromatic rings. The second kappa shape index (κ2) is 7.70. The van der Waals surface area contributed by atoms with E-state index < -0.39 is 10.0 Å². The summed E-state index contributed by atoms with van der Waals surface area (Å²) >= 11 is 5.98. The van der Waals surface area contributed by atoms with E-state index in [-0.39, 0.29) is 11.0 Å². The van der Waals surface area contributed by atoms with Crippen molar-refractivity contribution >= 4 is 32.5 Å². The molecule has 0 aliphatic rings. The van der Waals surface area contributed by atoms with Crippen LogP contribution in [0.25, 0.3) is 10.9 Å². The van der Waals surface area contributed by atoms with Gasteiger partial charge in [0, 0.05) is 28.7 Å². The first-order chi connectivity index (χ1) is 12.3. The van der Waals surface area contributed by atoms with Gasteiger partial charge in [-0.25, -0.2) is 13.1 Å². The second-order valence-corrected chi connectivity index (χ2v) is 8.49. The fourth-order valence-electron chi connectivity index (χ4n) is 2.74. The van der Waals surface area contributed by atoms with Crippen LogP contribution in [0.3, 0.4) is 0 Å². The average Bonchev–Trinajstić information content (AvgIpc) is 2.97. The Morgan fingerprint density at radius 3 is 2.58 bits per heavy atom. The Balaban J connectivity index is 1.64. The average molecular weight is 393 g/mol. The summed E-state index contributed by atoms with van der Waals surface area (Å²) in [5.41, 5.74) is 1.98. The second-order valence-electron chi connectivity index (χ2n) is 6.29. The summed E-state index contributed by atoms with van der Waals surface area (Å²) in [7, 11) is -3.56. The zero-order valence-corrected chi connectivity index (χ0v) is 16.2. The maximum absolute atomic E-state index is 12.4. The van der Waals surface area contributed by atoms with Crippen LogP contribution in [0.2, 0.25) is 5.02 Å². The summed E-state index contributed by atoms with van der Waals surface area (Å²) < 4.78 is 33.0. The number of hydrogen-bond donors (Lipinski definition) is 2. The van der Waals surface area contributed by atoms with Crippen LogP contribution >= 0.6 is 11.6 Å². The molecule has 0 saturated carbocycles. The largest absolute Gasteiger partial charge is 0.491 e. The first-order valence-electron chi connectivity index (χ1n) is 8.37. The van der Waals surface area contributed by atoms with E-state index in [2.05, 4.69) is 9.71 Å². The number of H-pyrrole nitrogens is 1. The molecule has 5 nitrogen and oxygen atoms in total. The number of halogens is 1. The maximum Gasteiger partial charge on any atom is 0.240 e. The van der Waals surface area contributed by atoms with Gasteiger partial charge in [-0.2, -0.15) is 0 Å². The van der Waals surface area contributed by atoms with Gasteiger partial charge < -0.3 is 9.72 Å². The van der Waals surface area contributed by atoms with Crippen LogP contribution in [0.5, 0.6) is 5.75 Å². The van der Waals surface area contributed by atoms with Gasteiger partial charge in [0.1, 0.15) is 5.75 Å². The zero-order valence-electron chi connectivity index (χ0n) is 14.6. The fourth-order valence-corrected chi connectivity index (χ4v) is 3.94. The van der Waals surface area contributed by atoms with Crippen molar-refractivity contribution in [3.05, 3.63) is 59.2 Å². The minimum atomic E-state index is -3.56. The van der Waals surface area contributed by atoms with E-state index in [4.69, 9.17) is 16.3 Å². The van der Waals surface area contributed by atoms with E-state index in [9.17, 15) is 8.42 Å². The summed E-state index contributed by atoms with van der Waals surface area (Å²) in [5, 5.41) is 1.71. The van der Waals surface area contributed by atoms with Gasteiger partial charge in [-0.3, -0.25) is 0 Å². The Labute approximate surface area is 158 Å². The lowest BCUT2D eigenvalue weighted by molar-refractivity contribution is 0.242. The van der Waals surface area contributed by atoms with Crippen LogP contribution in [0.1, 0.15) is 19.4 Å². The Kier molecular flexibility index (Phi) is 5.55. The normalized spacial score (nSPS) is 12.0. The van der Waals surface area contributed by atoms with Crippen LogP contribution in [0, 0.1) is 0 Å². The monoisotopic (exact) mass is 392 g/mol. The minimum absolute atomic E-state index is 0.0432. The van der Waals surface area contributed by atoms with Gasteiger partial charge >= 0.3 is 0 Å². The number of rotatable bonds is 7. The summed E-state index contributed by atoms with van der Waals surface area (Å²) in [5.74, 6) is 0.649. The van der Waals surface area contributed by atoms with Crippen molar-refractivity contribution in [2.45, 2.75) is 31.3 Å². The van der Waals surface area contributed by atoms with Crippen LogP contribution in [-0.4, -0.2) is 26.1 Å². The first kappa shape index (κ1) is 18.8. The summed E-state index contributed by atoms with van der Waals surface area (Å²) in [4.78, 5) is 3.38. The Morgan fingerprint density at radius 2 is 1.88 bits per heavy atom. The quantitative estimate of drug-likeness (QED) is 0.635. The van der Waals surface area contributed by atoms with E-state index in [1.807, 2.05) is 38.2 Å². The third-order valence-corrected chi connectivity index (χ3v) is 5.63. The van der Waals surface area contributed by atoms with Gasteiger partial charge in [-0.1, -0.05) is 17.7 Å². The third-order valence-electron chi connectivity index (χ3n) is 3.92. The molecule has 0 saturated heterocycles. The SMILES string of the molecule is CC(C)Oc1ccc(S(=O)(=O)NCCc2c[nH]c3cc(Cl)ccc23)cc1. The number of benzene rings is 2. The number of aromatic nitrogens is 1. The molecule has 1 heterocycles. The van der Waals surface area contributed by atoms with Crippen LogP contribution in [0.15, 0.2) is 53.6 Å². The molecule has 0 unspecified atom stereocenters. The molecule has 0 amide bonds. The molecule has 0 radical (unpaired) electrons. The summed E-state index contributed by atoms with van der Waals surface area (Å²) in [6.45, 7) is 4.15. The molecule has 0 atom stereocenters. The molecule has 0 spiro atoms. The molecule has 0 bridgehead atoms. The lowest BCUT2D eigenvalue weighted by Gasteiger charge is -2.11.